The number of quaternary nitrogens is 1. The van der Waals surface area contributed by atoms with Crippen LogP contribution in [0.25, 0.3) is 0 Å². The molecule has 3 atom stereocenters. The molecule has 0 spiro atoms. The van der Waals surface area contributed by atoms with Crippen LogP contribution in [0.1, 0.15) is 34.1 Å². The summed E-state index contributed by atoms with van der Waals surface area (Å²) in [7, 11) is 5.81. The van der Waals surface area contributed by atoms with E-state index >= 15 is 0 Å². The Hall–Kier alpha value is -3.34. The Bertz CT molecular complexity index is 1290. The van der Waals surface area contributed by atoms with Crippen molar-refractivity contribution < 1.29 is 24.5 Å². The number of carbonyl (C=O) groups excluding carboxylic acids is 1. The standard InChI is InChI=1S/C25H33N5O7/c1-16-14-29(22-12-20(32)21(15-31)37-22)25(35)28(24(16)34)8-10-36-9-7-27-23(33)17-5-6-19(30(2,3)4)18(11-17)13-26/h5-6,11,14,20-22,31-32H,7-10,12,15H2,1-4H3/p+1/t20-,21+,22+/m0/s1. The molecule has 2 aromatic rings. The summed E-state index contributed by atoms with van der Waals surface area (Å²) in [4.78, 5) is 37.9. The molecule has 1 amide bonds. The smallest absolute Gasteiger partial charge is 0.333 e. The number of nitriles is 1. The summed E-state index contributed by atoms with van der Waals surface area (Å²) < 4.78 is 13.8. The zero-order valence-electron chi connectivity index (χ0n) is 21.5. The van der Waals surface area contributed by atoms with Crippen molar-refractivity contribution in [1.82, 2.24) is 18.9 Å². The van der Waals surface area contributed by atoms with E-state index in [2.05, 4.69) is 11.4 Å². The maximum absolute atomic E-state index is 12.9. The molecule has 0 aliphatic carbocycles. The van der Waals surface area contributed by atoms with Gasteiger partial charge in [-0.1, -0.05) is 0 Å². The highest BCUT2D eigenvalue weighted by Gasteiger charge is 2.35. The molecular formula is C25H34N5O7+. The summed E-state index contributed by atoms with van der Waals surface area (Å²) in [5.41, 5.74) is 0.857. The lowest BCUT2D eigenvalue weighted by atomic mass is 10.1. The fourth-order valence-corrected chi connectivity index (χ4v) is 4.16. The lowest BCUT2D eigenvalue weighted by Gasteiger charge is -2.24. The van der Waals surface area contributed by atoms with Gasteiger partial charge >= 0.3 is 5.69 Å². The Labute approximate surface area is 214 Å². The number of nitrogens with zero attached hydrogens (tertiary/aromatic N) is 4. The van der Waals surface area contributed by atoms with Crippen molar-refractivity contribution in [3.05, 3.63) is 61.9 Å². The van der Waals surface area contributed by atoms with Gasteiger partial charge in [0.15, 0.2) is 0 Å². The van der Waals surface area contributed by atoms with Crippen LogP contribution in [-0.2, 0) is 16.0 Å². The van der Waals surface area contributed by atoms with E-state index in [4.69, 9.17) is 9.47 Å². The van der Waals surface area contributed by atoms with E-state index in [1.165, 1.54) is 10.8 Å². The molecule has 0 saturated carbocycles. The molecule has 3 N–H and O–H groups in total. The van der Waals surface area contributed by atoms with Gasteiger partial charge in [-0.25, -0.2) is 4.79 Å². The van der Waals surface area contributed by atoms with E-state index in [1.54, 1.807) is 25.1 Å². The van der Waals surface area contributed by atoms with Crippen molar-refractivity contribution >= 4 is 11.6 Å². The van der Waals surface area contributed by atoms with Gasteiger partial charge in [0.25, 0.3) is 11.5 Å². The van der Waals surface area contributed by atoms with Gasteiger partial charge in [-0.15, -0.1) is 0 Å². The molecule has 37 heavy (non-hydrogen) atoms. The number of aliphatic hydroxyl groups excluding tert-OH is 2. The van der Waals surface area contributed by atoms with E-state index in [0.717, 1.165) is 10.3 Å². The Morgan fingerprint density at radius 3 is 2.65 bits per heavy atom. The Kier molecular flexibility index (Phi) is 9.01. The third-order valence-corrected chi connectivity index (χ3v) is 6.15. The van der Waals surface area contributed by atoms with E-state index in [-0.39, 0.29) is 45.2 Å². The van der Waals surface area contributed by atoms with E-state index < -0.39 is 29.7 Å². The second-order valence-corrected chi connectivity index (χ2v) is 9.80. The molecule has 12 heteroatoms. The zero-order valence-corrected chi connectivity index (χ0v) is 21.5. The largest absolute Gasteiger partial charge is 0.394 e. The van der Waals surface area contributed by atoms with Crippen LogP contribution in [0, 0.1) is 18.3 Å². The Morgan fingerprint density at radius 1 is 1.30 bits per heavy atom. The summed E-state index contributed by atoms with van der Waals surface area (Å²) in [6, 6.07) is 7.12. The first-order valence-electron chi connectivity index (χ1n) is 12.0. The normalized spacial score (nSPS) is 19.5. The van der Waals surface area contributed by atoms with Crippen LogP contribution in [-0.4, -0.2) is 85.0 Å². The molecule has 2 heterocycles. The highest BCUT2D eigenvalue weighted by Crippen LogP contribution is 2.27. The molecular weight excluding hydrogens is 482 g/mol. The second-order valence-electron chi connectivity index (χ2n) is 9.80. The molecule has 0 bridgehead atoms. The number of amides is 1. The molecule has 1 aliphatic rings. The van der Waals surface area contributed by atoms with Gasteiger partial charge in [0.05, 0.1) is 53.6 Å². The van der Waals surface area contributed by atoms with Crippen molar-refractivity contribution in [3.8, 4) is 6.07 Å². The lowest BCUT2D eigenvalue weighted by molar-refractivity contribution is -0.0464. The van der Waals surface area contributed by atoms with E-state index in [9.17, 15) is 29.9 Å². The summed E-state index contributed by atoms with van der Waals surface area (Å²) in [5.74, 6) is -0.342. The van der Waals surface area contributed by atoms with Gasteiger partial charge in [0.1, 0.15) is 29.7 Å². The number of aliphatic hydroxyl groups is 2. The third-order valence-electron chi connectivity index (χ3n) is 6.15. The number of rotatable bonds is 10. The molecule has 3 rings (SSSR count). The minimum atomic E-state index is -0.914. The number of benzene rings is 1. The first kappa shape index (κ1) is 28.2. The molecule has 1 aromatic heterocycles. The van der Waals surface area contributed by atoms with Crippen LogP contribution in [0.5, 0.6) is 0 Å². The number of hydrogen-bond acceptors (Lipinski definition) is 8. The van der Waals surface area contributed by atoms with Gasteiger partial charge in [-0.2, -0.15) is 5.26 Å². The van der Waals surface area contributed by atoms with Crippen LogP contribution in [0.4, 0.5) is 5.69 Å². The Morgan fingerprint density at radius 2 is 2.03 bits per heavy atom. The molecule has 0 radical (unpaired) electrons. The summed E-state index contributed by atoms with van der Waals surface area (Å²) in [6.07, 6.45) is -0.993. The summed E-state index contributed by atoms with van der Waals surface area (Å²) >= 11 is 0. The SMILES string of the molecule is Cc1cn([C@H]2C[C@H](O)[C@@H](CO)O2)c(=O)n(CCOCCNC(=O)c2ccc([N+](C)(C)C)c(C#N)c2)c1=O. The first-order chi connectivity index (χ1) is 17.5. The number of aromatic nitrogens is 2. The second kappa shape index (κ2) is 11.8. The minimum Gasteiger partial charge on any atom is -0.394 e. The maximum Gasteiger partial charge on any atom is 0.333 e. The van der Waals surface area contributed by atoms with Crippen LogP contribution >= 0.6 is 0 Å². The molecule has 1 aliphatic heterocycles. The number of carbonyl (C=O) groups is 1. The van der Waals surface area contributed by atoms with Gasteiger partial charge in [-0.3, -0.25) is 23.2 Å². The van der Waals surface area contributed by atoms with Crippen LogP contribution in [0.3, 0.4) is 0 Å². The van der Waals surface area contributed by atoms with Gasteiger partial charge in [0.2, 0.25) is 0 Å². The summed E-state index contributed by atoms with van der Waals surface area (Å²) in [6.45, 7) is 1.59. The van der Waals surface area contributed by atoms with Gasteiger partial charge < -0.3 is 25.0 Å². The molecule has 12 nitrogen and oxygen atoms in total. The van der Waals surface area contributed by atoms with Gasteiger partial charge in [-0.05, 0) is 19.1 Å². The van der Waals surface area contributed by atoms with Crippen molar-refractivity contribution in [2.45, 2.75) is 38.3 Å². The third kappa shape index (κ3) is 6.51. The highest BCUT2D eigenvalue weighted by molar-refractivity contribution is 5.95. The number of aryl methyl sites for hydroxylation is 1. The molecule has 0 unspecified atom stereocenters. The maximum atomic E-state index is 12.9. The predicted octanol–water partition coefficient (Wildman–Crippen LogP) is -0.526. The average Bonchev–Trinajstić information content (AvgIpc) is 3.24. The predicted molar refractivity (Wildman–Crippen MR) is 135 cm³/mol. The topological polar surface area (TPSA) is 156 Å². The number of nitrogens with one attached hydrogen (secondary N) is 1. The fraction of sp³-hybridized carbons (Fsp3) is 0.520. The van der Waals surface area contributed by atoms with Crippen LogP contribution in [0.15, 0.2) is 34.0 Å². The van der Waals surface area contributed by atoms with E-state index in [1.807, 2.05) is 21.1 Å². The molecule has 1 aromatic carbocycles. The fourth-order valence-electron chi connectivity index (χ4n) is 4.16. The lowest BCUT2D eigenvalue weighted by Crippen LogP contribution is -2.43. The Balaban J connectivity index is 1.54. The molecule has 200 valence electrons. The zero-order chi connectivity index (χ0) is 27.3. The van der Waals surface area contributed by atoms with E-state index in [0.29, 0.717) is 21.2 Å². The highest BCUT2D eigenvalue weighted by atomic mass is 16.5. The van der Waals surface area contributed by atoms with Crippen molar-refractivity contribution in [3.63, 3.8) is 0 Å². The van der Waals surface area contributed by atoms with Crippen LogP contribution < -0.4 is 21.0 Å². The molecule has 1 fully saturated rings. The van der Waals surface area contributed by atoms with Crippen LogP contribution in [0.2, 0.25) is 0 Å². The minimum absolute atomic E-state index is 0.00988. The van der Waals surface area contributed by atoms with Crippen molar-refractivity contribution in [2.24, 2.45) is 0 Å². The average molecular weight is 517 g/mol. The summed E-state index contributed by atoms with van der Waals surface area (Å²) in [5, 5.41) is 31.4. The number of ether oxygens (including phenoxy) is 2. The monoisotopic (exact) mass is 516 g/mol. The first-order valence-corrected chi connectivity index (χ1v) is 12.0. The molecule has 1 saturated heterocycles. The van der Waals surface area contributed by atoms with Crippen molar-refractivity contribution in [1.29, 1.82) is 5.26 Å². The number of hydrogen-bond donors (Lipinski definition) is 3. The quantitative estimate of drug-likeness (QED) is 0.281. The van der Waals surface area contributed by atoms with Gasteiger partial charge in [0, 0.05) is 36.4 Å². The van der Waals surface area contributed by atoms with Crippen molar-refractivity contribution in [2.75, 3.05) is 47.5 Å².